The van der Waals surface area contributed by atoms with Gasteiger partial charge in [0.15, 0.2) is 0 Å². The van der Waals surface area contributed by atoms with E-state index in [1.807, 2.05) is 6.07 Å². The summed E-state index contributed by atoms with van der Waals surface area (Å²) >= 11 is 7.79. The lowest BCUT2D eigenvalue weighted by Crippen LogP contribution is -2.15. The zero-order valence-corrected chi connectivity index (χ0v) is 9.71. The van der Waals surface area contributed by atoms with E-state index in [0.29, 0.717) is 5.92 Å². The first kappa shape index (κ1) is 11.0. The van der Waals surface area contributed by atoms with Gasteiger partial charge in [0.25, 0.3) is 0 Å². The highest BCUT2D eigenvalue weighted by atomic mass is 35.5. The summed E-state index contributed by atoms with van der Waals surface area (Å²) < 4.78 is 0. The molecule has 74 valence electrons. The minimum Gasteiger partial charge on any atom is -0.317 e. The second-order valence-electron chi connectivity index (χ2n) is 3.18. The van der Waals surface area contributed by atoms with Crippen molar-refractivity contribution in [2.24, 2.45) is 0 Å². The lowest BCUT2D eigenvalue weighted by molar-refractivity contribution is 0.614. The molecule has 0 saturated heterocycles. The van der Waals surface area contributed by atoms with E-state index in [1.54, 1.807) is 11.3 Å². The molecule has 13 heavy (non-hydrogen) atoms. The molecule has 3 heteroatoms. The second-order valence-corrected chi connectivity index (χ2v) is 4.53. The van der Waals surface area contributed by atoms with Crippen LogP contribution in [-0.4, -0.2) is 13.1 Å². The van der Waals surface area contributed by atoms with Gasteiger partial charge in [-0.25, -0.2) is 0 Å². The van der Waals surface area contributed by atoms with Crippen LogP contribution in [0, 0.1) is 0 Å². The Bertz CT molecular complexity index is 247. The highest BCUT2D eigenvalue weighted by molar-refractivity contribution is 7.10. The van der Waals surface area contributed by atoms with E-state index < -0.39 is 0 Å². The first-order valence-electron chi connectivity index (χ1n) is 4.69. The fourth-order valence-corrected chi connectivity index (χ4v) is 2.62. The maximum Gasteiger partial charge on any atom is 0.0547 e. The average Bonchev–Trinajstić information content (AvgIpc) is 2.52. The number of halogens is 1. The van der Waals surface area contributed by atoms with Crippen LogP contribution in [-0.2, 0) is 0 Å². The summed E-state index contributed by atoms with van der Waals surface area (Å²) in [7, 11) is 0. The average molecular weight is 218 g/mol. The standard InChI is InChI=1S/C10H16ClNS/c1-3-12-6-4-8(2)10-9(11)5-7-13-10/h5,7-8,12H,3-4,6H2,1-2H3. The van der Waals surface area contributed by atoms with Gasteiger partial charge in [-0.15, -0.1) is 11.3 Å². The Morgan fingerprint density at radius 1 is 1.62 bits per heavy atom. The van der Waals surface area contributed by atoms with Crippen LogP contribution in [0.25, 0.3) is 0 Å². The summed E-state index contributed by atoms with van der Waals surface area (Å²) in [5.74, 6) is 0.576. The van der Waals surface area contributed by atoms with Crippen molar-refractivity contribution in [3.63, 3.8) is 0 Å². The molecule has 0 aliphatic rings. The second kappa shape index (κ2) is 5.63. The first-order chi connectivity index (χ1) is 6.25. The van der Waals surface area contributed by atoms with Crippen LogP contribution in [0.5, 0.6) is 0 Å². The van der Waals surface area contributed by atoms with Crippen LogP contribution in [0.2, 0.25) is 5.02 Å². The Morgan fingerprint density at radius 2 is 2.38 bits per heavy atom. The topological polar surface area (TPSA) is 12.0 Å². The molecule has 1 N–H and O–H groups in total. The fourth-order valence-electron chi connectivity index (χ4n) is 1.28. The summed E-state index contributed by atoms with van der Waals surface area (Å²) in [6.45, 7) is 6.48. The molecular formula is C10H16ClNS. The largest absolute Gasteiger partial charge is 0.317 e. The monoisotopic (exact) mass is 217 g/mol. The van der Waals surface area contributed by atoms with Gasteiger partial charge in [0.1, 0.15) is 0 Å². The van der Waals surface area contributed by atoms with Gasteiger partial charge in [-0.2, -0.15) is 0 Å². The SMILES string of the molecule is CCNCCC(C)c1sccc1Cl. The predicted octanol–water partition coefficient (Wildman–Crippen LogP) is 3.50. The third-order valence-corrected chi connectivity index (χ3v) is 3.69. The van der Waals surface area contributed by atoms with Gasteiger partial charge in [0.2, 0.25) is 0 Å². The van der Waals surface area contributed by atoms with Crippen LogP contribution in [0.3, 0.4) is 0 Å². The number of rotatable bonds is 5. The summed E-state index contributed by atoms with van der Waals surface area (Å²) in [4.78, 5) is 1.32. The van der Waals surface area contributed by atoms with Crippen LogP contribution < -0.4 is 5.32 Å². The third kappa shape index (κ3) is 3.29. The number of nitrogens with one attached hydrogen (secondary N) is 1. The molecule has 0 fully saturated rings. The van der Waals surface area contributed by atoms with Gasteiger partial charge in [0, 0.05) is 4.88 Å². The molecule has 1 heterocycles. The lowest BCUT2D eigenvalue weighted by atomic mass is 10.1. The van der Waals surface area contributed by atoms with E-state index in [2.05, 4.69) is 24.5 Å². The van der Waals surface area contributed by atoms with Crippen molar-refractivity contribution in [1.29, 1.82) is 0 Å². The van der Waals surface area contributed by atoms with Crippen LogP contribution in [0.15, 0.2) is 11.4 Å². The van der Waals surface area contributed by atoms with E-state index in [0.717, 1.165) is 24.5 Å². The summed E-state index contributed by atoms with van der Waals surface area (Å²) in [6.07, 6.45) is 1.16. The van der Waals surface area contributed by atoms with E-state index in [-0.39, 0.29) is 0 Å². The first-order valence-corrected chi connectivity index (χ1v) is 5.95. The van der Waals surface area contributed by atoms with Gasteiger partial charge in [-0.05, 0) is 36.9 Å². The number of thiophene rings is 1. The molecule has 1 atom stereocenters. The number of hydrogen-bond acceptors (Lipinski definition) is 2. The molecule has 0 aliphatic carbocycles. The maximum absolute atomic E-state index is 6.04. The summed E-state index contributed by atoms with van der Waals surface area (Å²) in [6, 6.07) is 1.98. The summed E-state index contributed by atoms with van der Waals surface area (Å²) in [5, 5.41) is 6.30. The molecule has 0 aromatic carbocycles. The molecule has 0 spiro atoms. The van der Waals surface area contributed by atoms with E-state index in [9.17, 15) is 0 Å². The molecule has 1 unspecified atom stereocenters. The third-order valence-electron chi connectivity index (χ3n) is 2.10. The molecule has 0 radical (unpaired) electrons. The molecule has 0 aliphatic heterocycles. The lowest BCUT2D eigenvalue weighted by Gasteiger charge is -2.09. The van der Waals surface area contributed by atoms with Crippen molar-refractivity contribution < 1.29 is 0 Å². The smallest absolute Gasteiger partial charge is 0.0547 e. The Kier molecular flexibility index (Phi) is 4.78. The minimum atomic E-state index is 0.576. The molecule has 1 nitrogen and oxygen atoms in total. The van der Waals surface area contributed by atoms with E-state index in [1.165, 1.54) is 4.88 Å². The fraction of sp³-hybridized carbons (Fsp3) is 0.600. The van der Waals surface area contributed by atoms with Gasteiger partial charge in [-0.1, -0.05) is 25.4 Å². The van der Waals surface area contributed by atoms with E-state index >= 15 is 0 Å². The van der Waals surface area contributed by atoms with Gasteiger partial charge in [0.05, 0.1) is 5.02 Å². The predicted molar refractivity (Wildman–Crippen MR) is 60.9 cm³/mol. The van der Waals surface area contributed by atoms with Crippen LogP contribution >= 0.6 is 22.9 Å². The molecule has 1 aromatic heterocycles. The van der Waals surface area contributed by atoms with Crippen molar-refractivity contribution in [3.05, 3.63) is 21.3 Å². The quantitative estimate of drug-likeness (QED) is 0.745. The Balaban J connectivity index is 2.39. The van der Waals surface area contributed by atoms with Crippen molar-refractivity contribution in [3.8, 4) is 0 Å². The van der Waals surface area contributed by atoms with Crippen molar-refractivity contribution in [2.75, 3.05) is 13.1 Å². The van der Waals surface area contributed by atoms with Gasteiger partial charge >= 0.3 is 0 Å². The van der Waals surface area contributed by atoms with Gasteiger partial charge < -0.3 is 5.32 Å². The van der Waals surface area contributed by atoms with Crippen LogP contribution in [0.1, 0.15) is 31.1 Å². The highest BCUT2D eigenvalue weighted by Gasteiger charge is 2.09. The molecule has 1 rings (SSSR count). The molecule has 0 bridgehead atoms. The number of hydrogen-bond donors (Lipinski definition) is 1. The minimum absolute atomic E-state index is 0.576. The highest BCUT2D eigenvalue weighted by Crippen LogP contribution is 2.31. The Morgan fingerprint density at radius 3 is 2.92 bits per heavy atom. The normalized spacial score (nSPS) is 13.2. The summed E-state index contributed by atoms with van der Waals surface area (Å²) in [5.41, 5.74) is 0. The zero-order chi connectivity index (χ0) is 9.68. The van der Waals surface area contributed by atoms with Crippen molar-refractivity contribution in [2.45, 2.75) is 26.2 Å². The van der Waals surface area contributed by atoms with Crippen LogP contribution in [0.4, 0.5) is 0 Å². The van der Waals surface area contributed by atoms with Crippen molar-refractivity contribution >= 4 is 22.9 Å². The molecule has 1 aromatic rings. The van der Waals surface area contributed by atoms with Crippen molar-refractivity contribution in [1.82, 2.24) is 5.32 Å². The molecular weight excluding hydrogens is 202 g/mol. The van der Waals surface area contributed by atoms with Gasteiger partial charge in [-0.3, -0.25) is 0 Å². The molecule has 0 saturated carbocycles. The zero-order valence-electron chi connectivity index (χ0n) is 8.14. The van der Waals surface area contributed by atoms with E-state index in [4.69, 9.17) is 11.6 Å². The Labute approximate surface area is 89.1 Å². The Hall–Kier alpha value is -0.0500. The maximum atomic E-state index is 6.04. The molecule has 0 amide bonds.